The normalized spacial score (nSPS) is 27.1. The second-order valence-corrected chi connectivity index (χ2v) is 5.79. The predicted octanol–water partition coefficient (Wildman–Crippen LogP) is 2.85. The summed E-state index contributed by atoms with van der Waals surface area (Å²) in [5, 5.41) is 0. The van der Waals surface area contributed by atoms with Crippen LogP contribution in [0.1, 0.15) is 38.2 Å². The Kier molecular flexibility index (Phi) is 4.79. The van der Waals surface area contributed by atoms with Crippen LogP contribution in [0.15, 0.2) is 30.3 Å². The molecule has 0 aromatic heterocycles. The van der Waals surface area contributed by atoms with Gasteiger partial charge in [-0.2, -0.15) is 0 Å². The van der Waals surface area contributed by atoms with Crippen molar-refractivity contribution >= 4 is 0 Å². The van der Waals surface area contributed by atoms with Gasteiger partial charge in [-0.15, -0.1) is 0 Å². The number of nitrogens with zero attached hydrogens (tertiary/aromatic N) is 1. The maximum absolute atomic E-state index is 5.83. The van der Waals surface area contributed by atoms with Crippen LogP contribution in [0.4, 0.5) is 0 Å². The highest BCUT2D eigenvalue weighted by atomic mass is 15.2. The van der Waals surface area contributed by atoms with Crippen molar-refractivity contribution in [3.05, 3.63) is 35.9 Å². The van der Waals surface area contributed by atoms with Crippen molar-refractivity contribution < 1.29 is 0 Å². The van der Waals surface area contributed by atoms with Crippen LogP contribution in [0.25, 0.3) is 0 Å². The number of piperidine rings is 1. The van der Waals surface area contributed by atoms with Gasteiger partial charge in [-0.1, -0.05) is 37.3 Å². The van der Waals surface area contributed by atoms with Gasteiger partial charge in [-0.25, -0.2) is 0 Å². The van der Waals surface area contributed by atoms with Crippen LogP contribution in [-0.4, -0.2) is 30.6 Å². The Morgan fingerprint density at radius 3 is 2.67 bits per heavy atom. The van der Waals surface area contributed by atoms with E-state index in [1.165, 1.54) is 24.9 Å². The number of likely N-dealkylation sites (tertiary alicyclic amines) is 1. The van der Waals surface area contributed by atoms with Gasteiger partial charge in [0.05, 0.1) is 0 Å². The molecule has 2 heteroatoms. The van der Waals surface area contributed by atoms with Crippen LogP contribution in [0.2, 0.25) is 0 Å². The number of benzene rings is 1. The molecule has 1 heterocycles. The Balaban J connectivity index is 1.95. The molecule has 3 atom stereocenters. The lowest BCUT2D eigenvalue weighted by Gasteiger charge is -2.39. The van der Waals surface area contributed by atoms with E-state index < -0.39 is 0 Å². The SMILES string of the molecule is CC(CN1CC(CN)CCC1C)c1ccccc1. The lowest BCUT2D eigenvalue weighted by atomic mass is 9.91. The first-order chi connectivity index (χ1) is 8.70. The van der Waals surface area contributed by atoms with Crippen LogP contribution in [-0.2, 0) is 0 Å². The fourth-order valence-electron chi connectivity index (χ4n) is 2.95. The van der Waals surface area contributed by atoms with Crippen molar-refractivity contribution in [1.82, 2.24) is 4.90 Å². The number of hydrogen-bond acceptors (Lipinski definition) is 2. The highest BCUT2D eigenvalue weighted by Gasteiger charge is 2.25. The Morgan fingerprint density at radius 2 is 2.00 bits per heavy atom. The number of hydrogen-bond donors (Lipinski definition) is 1. The van der Waals surface area contributed by atoms with E-state index in [0.717, 1.165) is 13.1 Å². The molecule has 1 fully saturated rings. The van der Waals surface area contributed by atoms with E-state index >= 15 is 0 Å². The Bertz CT molecular complexity index is 349. The van der Waals surface area contributed by atoms with Crippen LogP contribution in [0.3, 0.4) is 0 Å². The lowest BCUT2D eigenvalue weighted by Crippen LogP contribution is -2.45. The molecule has 0 amide bonds. The first-order valence-corrected chi connectivity index (χ1v) is 7.19. The van der Waals surface area contributed by atoms with Gasteiger partial charge in [-0.3, -0.25) is 4.90 Å². The molecule has 0 aliphatic carbocycles. The molecule has 2 N–H and O–H groups in total. The minimum Gasteiger partial charge on any atom is -0.330 e. The predicted molar refractivity (Wildman–Crippen MR) is 77.7 cm³/mol. The van der Waals surface area contributed by atoms with E-state index in [1.54, 1.807) is 0 Å². The third-order valence-corrected chi connectivity index (χ3v) is 4.32. The summed E-state index contributed by atoms with van der Waals surface area (Å²) in [6, 6.07) is 11.5. The quantitative estimate of drug-likeness (QED) is 0.885. The summed E-state index contributed by atoms with van der Waals surface area (Å²) in [7, 11) is 0. The molecule has 2 nitrogen and oxygen atoms in total. The number of nitrogens with two attached hydrogens (primary N) is 1. The fraction of sp³-hybridized carbons (Fsp3) is 0.625. The Morgan fingerprint density at radius 1 is 1.28 bits per heavy atom. The summed E-state index contributed by atoms with van der Waals surface area (Å²) in [5.41, 5.74) is 7.27. The summed E-state index contributed by atoms with van der Waals surface area (Å²) >= 11 is 0. The van der Waals surface area contributed by atoms with Gasteiger partial charge in [0, 0.05) is 19.1 Å². The molecule has 18 heavy (non-hydrogen) atoms. The van der Waals surface area contributed by atoms with Crippen molar-refractivity contribution in [3.8, 4) is 0 Å². The molecular weight excluding hydrogens is 220 g/mol. The van der Waals surface area contributed by atoms with E-state index in [4.69, 9.17) is 5.73 Å². The van der Waals surface area contributed by atoms with Gasteiger partial charge in [0.15, 0.2) is 0 Å². The van der Waals surface area contributed by atoms with Crippen molar-refractivity contribution in [2.45, 2.75) is 38.6 Å². The number of rotatable bonds is 4. The maximum atomic E-state index is 5.83. The van der Waals surface area contributed by atoms with Crippen LogP contribution in [0.5, 0.6) is 0 Å². The van der Waals surface area contributed by atoms with Gasteiger partial charge in [0.25, 0.3) is 0 Å². The summed E-state index contributed by atoms with van der Waals surface area (Å²) in [5.74, 6) is 1.30. The minimum absolute atomic E-state index is 0.602. The smallest absolute Gasteiger partial charge is 0.00674 e. The first-order valence-electron chi connectivity index (χ1n) is 7.19. The molecule has 1 saturated heterocycles. The molecule has 0 radical (unpaired) electrons. The van der Waals surface area contributed by atoms with Gasteiger partial charge in [0.1, 0.15) is 0 Å². The summed E-state index contributed by atoms with van der Waals surface area (Å²) in [6.45, 7) is 7.85. The van der Waals surface area contributed by atoms with E-state index in [2.05, 4.69) is 49.1 Å². The van der Waals surface area contributed by atoms with Crippen molar-refractivity contribution in [2.75, 3.05) is 19.6 Å². The monoisotopic (exact) mass is 246 g/mol. The van der Waals surface area contributed by atoms with E-state index in [0.29, 0.717) is 17.9 Å². The van der Waals surface area contributed by atoms with Gasteiger partial charge >= 0.3 is 0 Å². The molecular formula is C16H26N2. The molecule has 1 aliphatic rings. The van der Waals surface area contributed by atoms with E-state index in [1.807, 2.05) is 0 Å². The van der Waals surface area contributed by atoms with Crippen LogP contribution >= 0.6 is 0 Å². The zero-order valence-corrected chi connectivity index (χ0v) is 11.7. The molecule has 3 unspecified atom stereocenters. The highest BCUT2D eigenvalue weighted by Crippen LogP contribution is 2.24. The average molecular weight is 246 g/mol. The van der Waals surface area contributed by atoms with E-state index in [-0.39, 0.29) is 0 Å². The van der Waals surface area contributed by atoms with Crippen molar-refractivity contribution in [1.29, 1.82) is 0 Å². The Labute approximate surface area is 111 Å². The first kappa shape index (κ1) is 13.6. The van der Waals surface area contributed by atoms with Crippen molar-refractivity contribution in [3.63, 3.8) is 0 Å². The molecule has 2 rings (SSSR count). The van der Waals surface area contributed by atoms with Crippen LogP contribution < -0.4 is 5.73 Å². The molecule has 1 aromatic carbocycles. The van der Waals surface area contributed by atoms with Crippen molar-refractivity contribution in [2.24, 2.45) is 11.7 Å². The third-order valence-electron chi connectivity index (χ3n) is 4.32. The largest absolute Gasteiger partial charge is 0.330 e. The molecule has 0 bridgehead atoms. The Hall–Kier alpha value is -0.860. The standard InChI is InChI=1S/C16H26N2/c1-13(16-6-4-3-5-7-16)11-18-12-15(10-17)9-8-14(18)2/h3-7,13-15H,8-12,17H2,1-2H3. The minimum atomic E-state index is 0.602. The molecule has 1 aromatic rings. The molecule has 100 valence electrons. The molecule has 1 aliphatic heterocycles. The summed E-state index contributed by atoms with van der Waals surface area (Å²) < 4.78 is 0. The fourth-order valence-corrected chi connectivity index (χ4v) is 2.95. The highest BCUT2D eigenvalue weighted by molar-refractivity contribution is 5.19. The molecule has 0 saturated carbocycles. The second-order valence-electron chi connectivity index (χ2n) is 5.79. The molecule has 0 spiro atoms. The average Bonchev–Trinajstić information content (AvgIpc) is 2.42. The summed E-state index contributed by atoms with van der Waals surface area (Å²) in [4.78, 5) is 2.62. The topological polar surface area (TPSA) is 29.3 Å². The lowest BCUT2D eigenvalue weighted by molar-refractivity contribution is 0.115. The summed E-state index contributed by atoms with van der Waals surface area (Å²) in [6.07, 6.45) is 2.59. The maximum Gasteiger partial charge on any atom is 0.00674 e. The van der Waals surface area contributed by atoms with E-state index in [9.17, 15) is 0 Å². The zero-order valence-electron chi connectivity index (χ0n) is 11.7. The van der Waals surface area contributed by atoms with Gasteiger partial charge in [-0.05, 0) is 43.7 Å². The third kappa shape index (κ3) is 3.33. The second kappa shape index (κ2) is 6.35. The van der Waals surface area contributed by atoms with Gasteiger partial charge in [0.2, 0.25) is 0 Å². The van der Waals surface area contributed by atoms with Crippen LogP contribution in [0, 0.1) is 5.92 Å². The van der Waals surface area contributed by atoms with Gasteiger partial charge < -0.3 is 5.73 Å². The zero-order chi connectivity index (χ0) is 13.0.